The monoisotopic (exact) mass is 365 g/mol. The smallest absolute Gasteiger partial charge is 0.410 e. The summed E-state index contributed by atoms with van der Waals surface area (Å²) in [5, 5.41) is 0.519. The molecular weight excluding hydrogens is 342 g/mol. The Labute approximate surface area is 153 Å². The zero-order chi connectivity index (χ0) is 18.2. The van der Waals surface area contributed by atoms with Crippen LogP contribution in [0.5, 0.6) is 0 Å². The van der Waals surface area contributed by atoms with Crippen LogP contribution in [0, 0.1) is 5.41 Å². The van der Waals surface area contributed by atoms with Gasteiger partial charge < -0.3 is 14.5 Å². The maximum Gasteiger partial charge on any atom is 0.410 e. The third-order valence-electron chi connectivity index (χ3n) is 4.80. The lowest BCUT2D eigenvalue weighted by atomic mass is 9.78. The van der Waals surface area contributed by atoms with Crippen LogP contribution in [0.15, 0.2) is 18.5 Å². The van der Waals surface area contributed by atoms with E-state index in [1.807, 2.05) is 20.8 Å². The van der Waals surface area contributed by atoms with E-state index in [1.54, 1.807) is 28.3 Å². The second kappa shape index (κ2) is 6.48. The molecule has 0 bridgehead atoms. The molecule has 2 amide bonds. The van der Waals surface area contributed by atoms with E-state index in [0.29, 0.717) is 31.1 Å². The lowest BCUT2D eigenvalue weighted by Crippen LogP contribution is -2.46. The van der Waals surface area contributed by atoms with E-state index >= 15 is 0 Å². The third kappa shape index (κ3) is 4.06. The Morgan fingerprint density at radius 2 is 1.96 bits per heavy atom. The minimum atomic E-state index is -0.494. The second-order valence-corrected chi connectivity index (χ2v) is 8.42. The molecule has 2 aliphatic heterocycles. The Morgan fingerprint density at radius 3 is 2.56 bits per heavy atom. The van der Waals surface area contributed by atoms with Crippen molar-refractivity contribution in [2.75, 3.05) is 24.5 Å². The normalized spacial score (nSPS) is 20.2. The van der Waals surface area contributed by atoms with Crippen LogP contribution < -0.4 is 4.90 Å². The van der Waals surface area contributed by atoms with Gasteiger partial charge in [0.25, 0.3) is 0 Å². The number of ether oxygens (including phenoxy) is 1. The number of hydrogen-bond acceptors (Lipinski definition) is 4. The highest BCUT2D eigenvalue weighted by molar-refractivity contribution is 6.30. The second-order valence-electron chi connectivity index (χ2n) is 7.99. The highest BCUT2D eigenvalue weighted by Gasteiger charge is 2.46. The number of amides is 2. The van der Waals surface area contributed by atoms with Crippen molar-refractivity contribution in [3.8, 4) is 0 Å². The standard InChI is InChI=1S/C18H24ClN3O3/c1-17(2,3)25-16(24)21-6-4-18(5-7-21)9-15(23)22(12-18)14-8-13(19)10-20-11-14/h8,10-11H,4-7,9,12H2,1-3H3. The van der Waals surface area contributed by atoms with Crippen molar-refractivity contribution >= 4 is 29.3 Å². The minimum absolute atomic E-state index is 0.0854. The summed E-state index contributed by atoms with van der Waals surface area (Å²) >= 11 is 6.00. The largest absolute Gasteiger partial charge is 0.444 e. The zero-order valence-corrected chi connectivity index (χ0v) is 15.7. The number of nitrogens with zero attached hydrogens (tertiary/aromatic N) is 3. The molecule has 136 valence electrons. The van der Waals surface area contributed by atoms with Crippen molar-refractivity contribution in [2.24, 2.45) is 5.41 Å². The van der Waals surface area contributed by atoms with Crippen molar-refractivity contribution in [3.05, 3.63) is 23.5 Å². The summed E-state index contributed by atoms with van der Waals surface area (Å²) in [5.74, 6) is 0.0924. The van der Waals surface area contributed by atoms with E-state index in [-0.39, 0.29) is 17.4 Å². The molecule has 0 saturated carbocycles. The molecule has 2 aliphatic rings. The van der Waals surface area contributed by atoms with Crippen molar-refractivity contribution < 1.29 is 14.3 Å². The fourth-order valence-electron chi connectivity index (χ4n) is 3.50. The van der Waals surface area contributed by atoms with Crippen LogP contribution in [0.1, 0.15) is 40.0 Å². The Balaban J connectivity index is 1.64. The lowest BCUT2D eigenvalue weighted by molar-refractivity contribution is -0.118. The van der Waals surface area contributed by atoms with E-state index in [4.69, 9.17) is 16.3 Å². The fraction of sp³-hybridized carbons (Fsp3) is 0.611. The maximum absolute atomic E-state index is 12.5. The topological polar surface area (TPSA) is 62.7 Å². The number of hydrogen-bond donors (Lipinski definition) is 0. The number of likely N-dealkylation sites (tertiary alicyclic amines) is 1. The van der Waals surface area contributed by atoms with Gasteiger partial charge >= 0.3 is 6.09 Å². The van der Waals surface area contributed by atoms with E-state index in [2.05, 4.69) is 4.98 Å². The van der Waals surface area contributed by atoms with Gasteiger partial charge in [0.15, 0.2) is 0 Å². The molecule has 3 heterocycles. The number of halogens is 1. The number of carbonyl (C=O) groups excluding carboxylic acids is 2. The van der Waals surface area contributed by atoms with Gasteiger partial charge in [-0.25, -0.2) is 4.79 Å². The van der Waals surface area contributed by atoms with Crippen LogP contribution in [-0.2, 0) is 9.53 Å². The summed E-state index contributed by atoms with van der Waals surface area (Å²) in [6, 6.07) is 1.77. The minimum Gasteiger partial charge on any atom is -0.444 e. The van der Waals surface area contributed by atoms with E-state index in [1.165, 1.54) is 0 Å². The quantitative estimate of drug-likeness (QED) is 0.764. The molecule has 1 aromatic heterocycles. The van der Waals surface area contributed by atoms with Gasteiger partial charge in [0.1, 0.15) is 5.60 Å². The van der Waals surface area contributed by atoms with Crippen LogP contribution >= 0.6 is 11.6 Å². The Kier molecular flexibility index (Phi) is 4.66. The predicted molar refractivity (Wildman–Crippen MR) is 95.7 cm³/mol. The first-order chi connectivity index (χ1) is 11.7. The average molecular weight is 366 g/mol. The number of piperidine rings is 1. The van der Waals surface area contributed by atoms with Gasteiger partial charge in [0.05, 0.1) is 16.9 Å². The summed E-state index contributed by atoms with van der Waals surface area (Å²) in [6.07, 6.45) is 5.04. The first-order valence-corrected chi connectivity index (χ1v) is 8.94. The lowest BCUT2D eigenvalue weighted by Gasteiger charge is -2.39. The van der Waals surface area contributed by atoms with E-state index in [0.717, 1.165) is 18.5 Å². The maximum atomic E-state index is 12.5. The molecule has 0 N–H and O–H groups in total. The average Bonchev–Trinajstić information content (AvgIpc) is 2.82. The van der Waals surface area contributed by atoms with Crippen LogP contribution in [0.2, 0.25) is 5.02 Å². The van der Waals surface area contributed by atoms with Gasteiger partial charge in [-0.15, -0.1) is 0 Å². The zero-order valence-electron chi connectivity index (χ0n) is 14.9. The molecular formula is C18H24ClN3O3. The molecule has 0 unspecified atom stereocenters. The fourth-order valence-corrected chi connectivity index (χ4v) is 3.67. The summed E-state index contributed by atoms with van der Waals surface area (Å²) < 4.78 is 5.44. The van der Waals surface area contributed by atoms with E-state index in [9.17, 15) is 9.59 Å². The predicted octanol–water partition coefficient (Wildman–Crippen LogP) is 3.49. The van der Waals surface area contributed by atoms with Gasteiger partial charge in [0.2, 0.25) is 5.91 Å². The highest BCUT2D eigenvalue weighted by Crippen LogP contribution is 2.42. The highest BCUT2D eigenvalue weighted by atomic mass is 35.5. The SMILES string of the molecule is CC(C)(C)OC(=O)N1CCC2(CC1)CC(=O)N(c1cncc(Cl)c1)C2. The van der Waals surface area contributed by atoms with Crippen LogP contribution in [0.25, 0.3) is 0 Å². The third-order valence-corrected chi connectivity index (χ3v) is 5.01. The van der Waals surface area contributed by atoms with Gasteiger partial charge in [-0.1, -0.05) is 11.6 Å². The van der Waals surface area contributed by atoms with Crippen LogP contribution in [-0.4, -0.2) is 47.1 Å². The first-order valence-electron chi connectivity index (χ1n) is 8.56. The summed E-state index contributed by atoms with van der Waals surface area (Å²) in [7, 11) is 0. The molecule has 2 saturated heterocycles. The molecule has 25 heavy (non-hydrogen) atoms. The molecule has 3 rings (SSSR count). The van der Waals surface area contributed by atoms with Crippen molar-refractivity contribution in [2.45, 2.75) is 45.6 Å². The molecule has 7 heteroatoms. The van der Waals surface area contributed by atoms with Gasteiger partial charge in [-0.3, -0.25) is 9.78 Å². The van der Waals surface area contributed by atoms with Gasteiger partial charge in [0, 0.05) is 37.7 Å². The van der Waals surface area contributed by atoms with Gasteiger partial charge in [-0.2, -0.15) is 0 Å². The van der Waals surface area contributed by atoms with Crippen molar-refractivity contribution in [3.63, 3.8) is 0 Å². The Morgan fingerprint density at radius 1 is 1.28 bits per heavy atom. The molecule has 6 nitrogen and oxygen atoms in total. The number of aromatic nitrogens is 1. The Bertz CT molecular complexity index is 678. The van der Waals surface area contributed by atoms with Crippen LogP contribution in [0.3, 0.4) is 0 Å². The number of pyridine rings is 1. The molecule has 1 aromatic rings. The number of anilines is 1. The first kappa shape index (κ1) is 18.0. The van der Waals surface area contributed by atoms with Crippen LogP contribution in [0.4, 0.5) is 10.5 Å². The van der Waals surface area contributed by atoms with Gasteiger partial charge in [-0.05, 0) is 39.7 Å². The summed E-state index contributed by atoms with van der Waals surface area (Å²) in [4.78, 5) is 32.3. The number of carbonyl (C=O) groups is 2. The number of rotatable bonds is 1. The van der Waals surface area contributed by atoms with E-state index < -0.39 is 5.60 Å². The molecule has 0 aliphatic carbocycles. The summed E-state index contributed by atoms with van der Waals surface area (Å²) in [5.41, 5.74) is 0.160. The van der Waals surface area contributed by atoms with Crippen molar-refractivity contribution in [1.29, 1.82) is 0 Å². The Hall–Kier alpha value is -1.82. The molecule has 0 radical (unpaired) electrons. The molecule has 1 spiro atoms. The molecule has 0 atom stereocenters. The molecule has 0 aromatic carbocycles. The van der Waals surface area contributed by atoms with Crippen molar-refractivity contribution in [1.82, 2.24) is 9.88 Å². The summed E-state index contributed by atoms with van der Waals surface area (Å²) in [6.45, 7) is 7.47. The molecule has 2 fully saturated rings.